The molecule has 0 radical (unpaired) electrons. The van der Waals surface area contributed by atoms with Crippen molar-refractivity contribution in [1.29, 1.82) is 0 Å². The van der Waals surface area contributed by atoms with Crippen molar-refractivity contribution in [3.8, 4) is 5.75 Å². The Bertz CT molecular complexity index is 1040. The van der Waals surface area contributed by atoms with E-state index in [1.807, 2.05) is 56.3 Å². The second-order valence-corrected chi connectivity index (χ2v) is 7.18. The molecule has 0 saturated carbocycles. The SMILES string of the molecule is C/C(=N\N)[C@@H](CN(C)C)[C@@H](c1ccccc1)c1c(O)c2ccccc2oc1=O. The number of nitrogens with zero attached hydrogens (tertiary/aromatic N) is 2. The molecular formula is C22H25N3O3. The zero-order chi connectivity index (χ0) is 20.3. The lowest BCUT2D eigenvalue weighted by Crippen LogP contribution is -2.34. The first kappa shape index (κ1) is 19.6. The van der Waals surface area contributed by atoms with Gasteiger partial charge in [-0.15, -0.1) is 0 Å². The number of benzene rings is 2. The summed E-state index contributed by atoms with van der Waals surface area (Å²) in [4.78, 5) is 15.0. The summed E-state index contributed by atoms with van der Waals surface area (Å²) in [5, 5.41) is 15.5. The lowest BCUT2D eigenvalue weighted by Gasteiger charge is -2.30. The van der Waals surface area contributed by atoms with Crippen molar-refractivity contribution in [1.82, 2.24) is 4.90 Å². The third-order valence-corrected chi connectivity index (χ3v) is 4.99. The molecule has 6 heteroatoms. The van der Waals surface area contributed by atoms with Crippen LogP contribution in [0.5, 0.6) is 5.75 Å². The van der Waals surface area contributed by atoms with Crippen LogP contribution in [-0.4, -0.2) is 36.4 Å². The van der Waals surface area contributed by atoms with E-state index in [9.17, 15) is 9.90 Å². The number of fused-ring (bicyclic) bond motifs is 1. The molecule has 6 nitrogen and oxygen atoms in total. The fourth-order valence-electron chi connectivity index (χ4n) is 3.65. The van der Waals surface area contributed by atoms with Crippen molar-refractivity contribution >= 4 is 16.7 Å². The molecule has 2 atom stereocenters. The van der Waals surface area contributed by atoms with Crippen LogP contribution in [-0.2, 0) is 0 Å². The van der Waals surface area contributed by atoms with E-state index < -0.39 is 11.5 Å². The predicted octanol–water partition coefficient (Wildman–Crippen LogP) is 3.14. The molecule has 2 aromatic carbocycles. The maximum Gasteiger partial charge on any atom is 0.343 e. The molecule has 3 rings (SSSR count). The van der Waals surface area contributed by atoms with Gasteiger partial charge >= 0.3 is 5.63 Å². The number of hydrogen-bond donors (Lipinski definition) is 2. The van der Waals surface area contributed by atoms with E-state index in [1.165, 1.54) is 0 Å². The fraction of sp³-hybridized carbons (Fsp3) is 0.273. The minimum atomic E-state index is -0.557. The van der Waals surface area contributed by atoms with E-state index in [-0.39, 0.29) is 17.2 Å². The molecule has 0 amide bonds. The molecule has 3 aromatic rings. The van der Waals surface area contributed by atoms with Gasteiger partial charge in [0.15, 0.2) is 0 Å². The van der Waals surface area contributed by atoms with Crippen LogP contribution < -0.4 is 11.5 Å². The van der Waals surface area contributed by atoms with E-state index in [0.717, 1.165) is 5.56 Å². The van der Waals surface area contributed by atoms with Crippen LogP contribution in [0.1, 0.15) is 24.0 Å². The van der Waals surface area contributed by atoms with Gasteiger partial charge in [-0.25, -0.2) is 4.79 Å². The van der Waals surface area contributed by atoms with Crippen molar-refractivity contribution in [2.45, 2.75) is 12.8 Å². The fourth-order valence-corrected chi connectivity index (χ4v) is 3.65. The summed E-state index contributed by atoms with van der Waals surface area (Å²) in [6.07, 6.45) is 0. The van der Waals surface area contributed by atoms with Gasteiger partial charge in [-0.3, -0.25) is 0 Å². The van der Waals surface area contributed by atoms with Crippen LogP contribution in [0.15, 0.2) is 68.9 Å². The lowest BCUT2D eigenvalue weighted by atomic mass is 9.78. The second kappa shape index (κ2) is 8.27. The van der Waals surface area contributed by atoms with Gasteiger partial charge in [-0.05, 0) is 38.7 Å². The first-order chi connectivity index (χ1) is 13.4. The topological polar surface area (TPSA) is 92.1 Å². The molecule has 28 heavy (non-hydrogen) atoms. The highest BCUT2D eigenvalue weighted by molar-refractivity contribution is 5.88. The minimum Gasteiger partial charge on any atom is -0.507 e. The van der Waals surface area contributed by atoms with Crippen LogP contribution in [0.25, 0.3) is 11.0 Å². The van der Waals surface area contributed by atoms with Gasteiger partial charge in [0, 0.05) is 24.1 Å². The Hall–Kier alpha value is -3.12. The van der Waals surface area contributed by atoms with Crippen molar-refractivity contribution in [2.75, 3.05) is 20.6 Å². The minimum absolute atomic E-state index is 0.0609. The molecule has 3 N–H and O–H groups in total. The Balaban J connectivity index is 2.32. The smallest absolute Gasteiger partial charge is 0.343 e. The molecular weight excluding hydrogens is 354 g/mol. The summed E-state index contributed by atoms with van der Waals surface area (Å²) in [6.45, 7) is 2.43. The van der Waals surface area contributed by atoms with Gasteiger partial charge < -0.3 is 20.3 Å². The highest BCUT2D eigenvalue weighted by atomic mass is 16.4. The van der Waals surface area contributed by atoms with Crippen molar-refractivity contribution in [3.05, 3.63) is 76.1 Å². The third-order valence-electron chi connectivity index (χ3n) is 4.99. The number of hydrogen-bond acceptors (Lipinski definition) is 6. The normalized spacial score (nSPS) is 14.4. The van der Waals surface area contributed by atoms with Crippen molar-refractivity contribution < 1.29 is 9.52 Å². The second-order valence-electron chi connectivity index (χ2n) is 7.18. The average Bonchev–Trinajstić information content (AvgIpc) is 2.69. The van der Waals surface area contributed by atoms with Gasteiger partial charge in [0.1, 0.15) is 11.3 Å². The number of aromatic hydroxyl groups is 1. The Morgan fingerprint density at radius 2 is 1.79 bits per heavy atom. The quantitative estimate of drug-likeness (QED) is 0.297. The van der Waals surface area contributed by atoms with Crippen LogP contribution in [0.2, 0.25) is 0 Å². The zero-order valence-corrected chi connectivity index (χ0v) is 16.3. The maximum atomic E-state index is 13.0. The van der Waals surface area contributed by atoms with E-state index in [2.05, 4.69) is 5.10 Å². The van der Waals surface area contributed by atoms with Gasteiger partial charge in [0.05, 0.1) is 10.9 Å². The monoisotopic (exact) mass is 379 g/mol. The van der Waals surface area contributed by atoms with E-state index in [4.69, 9.17) is 10.3 Å². The van der Waals surface area contributed by atoms with Gasteiger partial charge in [0.2, 0.25) is 0 Å². The number of rotatable bonds is 6. The molecule has 1 aromatic heterocycles. The van der Waals surface area contributed by atoms with Gasteiger partial charge in [0.25, 0.3) is 0 Å². The molecule has 0 aliphatic heterocycles. The molecule has 0 unspecified atom stereocenters. The van der Waals surface area contributed by atoms with Crippen molar-refractivity contribution in [2.24, 2.45) is 16.9 Å². The maximum absolute atomic E-state index is 13.0. The Kier molecular flexibility index (Phi) is 5.80. The number of hydrazone groups is 1. The summed E-state index contributed by atoms with van der Waals surface area (Å²) < 4.78 is 5.54. The largest absolute Gasteiger partial charge is 0.507 e. The molecule has 0 aliphatic rings. The standard InChI is InChI=1S/C22H25N3O3/c1-14(24-23)17(13-25(2)3)19(15-9-5-4-6-10-15)20-21(26)16-11-7-8-12-18(16)28-22(20)27/h4-12,17,19,26H,13,23H2,1-3H3/b24-14+/t17-,19-/m1/s1. The molecule has 0 spiro atoms. The van der Waals surface area contributed by atoms with Crippen LogP contribution >= 0.6 is 0 Å². The zero-order valence-electron chi connectivity index (χ0n) is 16.3. The highest BCUT2D eigenvalue weighted by Gasteiger charge is 2.33. The van der Waals surface area contributed by atoms with Crippen LogP contribution in [0.3, 0.4) is 0 Å². The molecule has 1 heterocycles. The molecule has 0 bridgehead atoms. The van der Waals surface area contributed by atoms with Gasteiger partial charge in [-0.2, -0.15) is 5.10 Å². The highest BCUT2D eigenvalue weighted by Crippen LogP contribution is 2.39. The molecule has 146 valence electrons. The van der Waals surface area contributed by atoms with Gasteiger partial charge in [-0.1, -0.05) is 42.5 Å². The van der Waals surface area contributed by atoms with Crippen LogP contribution in [0, 0.1) is 5.92 Å². The summed E-state index contributed by atoms with van der Waals surface area (Å²) in [7, 11) is 3.89. The predicted molar refractivity (Wildman–Crippen MR) is 112 cm³/mol. The van der Waals surface area contributed by atoms with E-state index in [0.29, 0.717) is 23.2 Å². The first-order valence-electron chi connectivity index (χ1n) is 9.12. The Morgan fingerprint density at radius 3 is 2.43 bits per heavy atom. The van der Waals surface area contributed by atoms with Crippen LogP contribution in [0.4, 0.5) is 0 Å². The summed E-state index contributed by atoms with van der Waals surface area (Å²) >= 11 is 0. The lowest BCUT2D eigenvalue weighted by molar-refractivity contribution is 0.346. The van der Waals surface area contributed by atoms with E-state index in [1.54, 1.807) is 24.3 Å². The Morgan fingerprint density at radius 1 is 1.14 bits per heavy atom. The average molecular weight is 379 g/mol. The van der Waals surface area contributed by atoms with Crippen molar-refractivity contribution in [3.63, 3.8) is 0 Å². The summed E-state index contributed by atoms with van der Waals surface area (Å²) in [5.41, 5.74) is 1.59. The van der Waals surface area contributed by atoms with E-state index >= 15 is 0 Å². The number of para-hydroxylation sites is 1. The Labute approximate surface area is 163 Å². The first-order valence-corrected chi connectivity index (χ1v) is 9.12. The number of nitrogens with two attached hydrogens (primary N) is 1. The summed E-state index contributed by atoms with van der Waals surface area (Å²) in [6, 6.07) is 16.6. The molecule has 0 fully saturated rings. The molecule has 0 aliphatic carbocycles. The molecule has 0 saturated heterocycles. The third kappa shape index (κ3) is 3.77. The summed E-state index contributed by atoms with van der Waals surface area (Å²) in [5.74, 6) is 4.87.